The van der Waals surface area contributed by atoms with Crippen LogP contribution in [0, 0.1) is 5.92 Å². The zero-order chi connectivity index (χ0) is 9.97. The predicted octanol–water partition coefficient (Wildman–Crippen LogP) is 3.15. The van der Waals surface area contributed by atoms with Crippen LogP contribution in [0.1, 0.15) is 11.5 Å². The molecule has 2 rings (SSSR count). The first-order valence-corrected chi connectivity index (χ1v) is 6.75. The quantitative estimate of drug-likeness (QED) is 0.826. The number of alkyl halides is 1. The summed E-state index contributed by atoms with van der Waals surface area (Å²) in [5, 5.41) is 4.53. The van der Waals surface area contributed by atoms with Crippen molar-refractivity contribution in [3.05, 3.63) is 34.3 Å². The van der Waals surface area contributed by atoms with Crippen LogP contribution in [-0.4, -0.2) is 18.4 Å². The maximum atomic E-state index is 3.58. The fourth-order valence-electron chi connectivity index (χ4n) is 2.02. The molecule has 1 aliphatic rings. The van der Waals surface area contributed by atoms with Crippen LogP contribution in [0.5, 0.6) is 0 Å². The molecule has 0 bridgehead atoms. The second-order valence-electron chi connectivity index (χ2n) is 3.73. The minimum atomic E-state index is 0.659. The fraction of sp³-hybridized carbons (Fsp3) is 0.455. The van der Waals surface area contributed by atoms with E-state index in [0.717, 1.165) is 24.3 Å². The van der Waals surface area contributed by atoms with E-state index in [4.69, 9.17) is 0 Å². The molecule has 2 atom stereocenters. The van der Waals surface area contributed by atoms with Crippen molar-refractivity contribution in [2.24, 2.45) is 5.92 Å². The largest absolute Gasteiger partial charge is 0.316 e. The molecule has 3 heteroatoms. The monoisotopic (exact) mass is 317 g/mol. The molecule has 0 radical (unpaired) electrons. The van der Waals surface area contributed by atoms with E-state index in [1.54, 1.807) is 0 Å². The summed E-state index contributed by atoms with van der Waals surface area (Å²) in [6.45, 7) is 2.23. The molecule has 1 saturated heterocycles. The smallest absolute Gasteiger partial charge is 0.0178 e. The van der Waals surface area contributed by atoms with Gasteiger partial charge in [0.2, 0.25) is 0 Å². The molecule has 2 unspecified atom stereocenters. The van der Waals surface area contributed by atoms with Crippen molar-refractivity contribution in [1.82, 2.24) is 5.32 Å². The third-order valence-corrected chi connectivity index (χ3v) is 4.14. The molecule has 1 aromatic rings. The SMILES string of the molecule is BrCC1CNCC1c1cccc(Br)c1. The molecule has 1 nitrogen and oxygen atoms in total. The highest BCUT2D eigenvalue weighted by Crippen LogP contribution is 2.30. The summed E-state index contributed by atoms with van der Waals surface area (Å²) in [5.74, 6) is 1.39. The number of hydrogen-bond donors (Lipinski definition) is 1. The molecule has 14 heavy (non-hydrogen) atoms. The molecule has 0 saturated carbocycles. The Hall–Kier alpha value is 0.140. The van der Waals surface area contributed by atoms with Gasteiger partial charge in [0.05, 0.1) is 0 Å². The van der Waals surface area contributed by atoms with Crippen molar-refractivity contribution in [2.75, 3.05) is 18.4 Å². The Morgan fingerprint density at radius 1 is 1.36 bits per heavy atom. The van der Waals surface area contributed by atoms with Crippen LogP contribution in [-0.2, 0) is 0 Å². The van der Waals surface area contributed by atoms with Crippen molar-refractivity contribution in [1.29, 1.82) is 0 Å². The molecule has 0 amide bonds. The highest BCUT2D eigenvalue weighted by molar-refractivity contribution is 9.10. The van der Waals surface area contributed by atoms with Gasteiger partial charge in [0.1, 0.15) is 0 Å². The number of benzene rings is 1. The third kappa shape index (κ3) is 2.20. The molecule has 1 fully saturated rings. The highest BCUT2D eigenvalue weighted by Gasteiger charge is 2.27. The Morgan fingerprint density at radius 2 is 2.21 bits per heavy atom. The topological polar surface area (TPSA) is 12.0 Å². The lowest BCUT2D eigenvalue weighted by Gasteiger charge is -2.16. The molecular weight excluding hydrogens is 306 g/mol. The van der Waals surface area contributed by atoms with E-state index in [9.17, 15) is 0 Å². The van der Waals surface area contributed by atoms with Crippen molar-refractivity contribution in [3.8, 4) is 0 Å². The highest BCUT2D eigenvalue weighted by atomic mass is 79.9. The number of halogens is 2. The number of hydrogen-bond acceptors (Lipinski definition) is 1. The minimum Gasteiger partial charge on any atom is -0.316 e. The third-order valence-electron chi connectivity index (χ3n) is 2.81. The van der Waals surface area contributed by atoms with Gasteiger partial charge in [-0.05, 0) is 30.2 Å². The summed E-state index contributed by atoms with van der Waals surface area (Å²) in [6.07, 6.45) is 0. The maximum Gasteiger partial charge on any atom is 0.0178 e. The average Bonchev–Trinajstić information content (AvgIpc) is 2.65. The summed E-state index contributed by atoms with van der Waals surface area (Å²) in [5.41, 5.74) is 1.44. The molecular formula is C11H13Br2N. The van der Waals surface area contributed by atoms with Crippen LogP contribution in [0.25, 0.3) is 0 Å². The zero-order valence-electron chi connectivity index (χ0n) is 7.84. The van der Waals surface area contributed by atoms with E-state index in [1.165, 1.54) is 10.0 Å². The second-order valence-corrected chi connectivity index (χ2v) is 5.30. The van der Waals surface area contributed by atoms with Crippen molar-refractivity contribution < 1.29 is 0 Å². The van der Waals surface area contributed by atoms with Crippen molar-refractivity contribution in [3.63, 3.8) is 0 Å². The lowest BCUT2D eigenvalue weighted by Crippen LogP contribution is -2.11. The van der Waals surface area contributed by atoms with Gasteiger partial charge in [0, 0.05) is 22.3 Å². The number of nitrogens with one attached hydrogen (secondary N) is 1. The van der Waals surface area contributed by atoms with E-state index >= 15 is 0 Å². The van der Waals surface area contributed by atoms with E-state index in [1.807, 2.05) is 0 Å². The van der Waals surface area contributed by atoms with Crippen molar-refractivity contribution in [2.45, 2.75) is 5.92 Å². The molecule has 1 N–H and O–H groups in total. The average molecular weight is 319 g/mol. The Kier molecular flexibility index (Phi) is 3.63. The van der Waals surface area contributed by atoms with Gasteiger partial charge in [-0.2, -0.15) is 0 Å². The Bertz CT molecular complexity index is 314. The van der Waals surface area contributed by atoms with Gasteiger partial charge in [-0.15, -0.1) is 0 Å². The van der Waals surface area contributed by atoms with Crippen LogP contribution in [0.2, 0.25) is 0 Å². The Labute approximate surface area is 102 Å². The van der Waals surface area contributed by atoms with E-state index in [2.05, 4.69) is 61.4 Å². The van der Waals surface area contributed by atoms with Gasteiger partial charge < -0.3 is 5.32 Å². The lowest BCUT2D eigenvalue weighted by atomic mass is 9.90. The predicted molar refractivity (Wildman–Crippen MR) is 67.0 cm³/mol. The Balaban J connectivity index is 2.21. The first-order chi connectivity index (χ1) is 6.81. The first kappa shape index (κ1) is 10.7. The minimum absolute atomic E-state index is 0.659. The van der Waals surface area contributed by atoms with Crippen LogP contribution in [0.4, 0.5) is 0 Å². The van der Waals surface area contributed by atoms with Crippen LogP contribution < -0.4 is 5.32 Å². The van der Waals surface area contributed by atoms with E-state index < -0.39 is 0 Å². The second kappa shape index (κ2) is 4.77. The molecule has 1 aromatic carbocycles. The van der Waals surface area contributed by atoms with Crippen LogP contribution in [0.3, 0.4) is 0 Å². The zero-order valence-corrected chi connectivity index (χ0v) is 11.0. The lowest BCUT2D eigenvalue weighted by molar-refractivity contribution is 0.585. The summed E-state index contributed by atoms with van der Waals surface area (Å²) >= 11 is 7.10. The summed E-state index contributed by atoms with van der Waals surface area (Å²) in [4.78, 5) is 0. The van der Waals surface area contributed by atoms with Crippen LogP contribution in [0.15, 0.2) is 28.7 Å². The van der Waals surface area contributed by atoms with Gasteiger partial charge in [0.15, 0.2) is 0 Å². The summed E-state index contributed by atoms with van der Waals surface area (Å²) in [7, 11) is 0. The van der Waals surface area contributed by atoms with E-state index in [-0.39, 0.29) is 0 Å². The molecule has 0 aromatic heterocycles. The number of rotatable bonds is 2. The van der Waals surface area contributed by atoms with E-state index in [0.29, 0.717) is 5.92 Å². The molecule has 1 aliphatic heterocycles. The molecule has 0 aliphatic carbocycles. The van der Waals surface area contributed by atoms with Gasteiger partial charge >= 0.3 is 0 Å². The normalized spacial score (nSPS) is 26.7. The van der Waals surface area contributed by atoms with Gasteiger partial charge in [0.25, 0.3) is 0 Å². The van der Waals surface area contributed by atoms with Crippen LogP contribution >= 0.6 is 31.9 Å². The Morgan fingerprint density at radius 3 is 2.93 bits per heavy atom. The van der Waals surface area contributed by atoms with Gasteiger partial charge in [-0.3, -0.25) is 0 Å². The summed E-state index contributed by atoms with van der Waals surface area (Å²) in [6, 6.07) is 8.64. The summed E-state index contributed by atoms with van der Waals surface area (Å²) < 4.78 is 1.18. The van der Waals surface area contributed by atoms with Gasteiger partial charge in [-0.25, -0.2) is 0 Å². The molecule has 76 valence electrons. The first-order valence-electron chi connectivity index (χ1n) is 4.83. The molecule has 0 spiro atoms. The van der Waals surface area contributed by atoms with Crippen molar-refractivity contribution >= 4 is 31.9 Å². The maximum absolute atomic E-state index is 3.58. The standard InChI is InChI=1S/C11H13Br2N/c12-5-9-6-14-7-11(9)8-2-1-3-10(13)4-8/h1-4,9,11,14H,5-7H2. The van der Waals surface area contributed by atoms with Gasteiger partial charge in [-0.1, -0.05) is 44.0 Å². The molecule has 1 heterocycles. The fourth-order valence-corrected chi connectivity index (χ4v) is 3.12.